The Labute approximate surface area is 138 Å². The molecule has 1 aromatic carbocycles. The van der Waals surface area contributed by atoms with Crippen molar-refractivity contribution in [2.75, 3.05) is 14.2 Å². The minimum atomic E-state index is -1.35. The van der Waals surface area contributed by atoms with E-state index in [1.807, 2.05) is 0 Å². The number of rotatable bonds is 3. The molecule has 0 spiro atoms. The predicted molar refractivity (Wildman–Crippen MR) is 86.1 cm³/mol. The molecule has 0 unspecified atom stereocenters. The monoisotopic (exact) mass is 332 g/mol. The van der Waals surface area contributed by atoms with Crippen molar-refractivity contribution >= 4 is 5.97 Å². The molecule has 1 aliphatic carbocycles. The number of fused-ring (bicyclic) bond motifs is 1. The van der Waals surface area contributed by atoms with Crippen LogP contribution in [-0.2, 0) is 16.0 Å². The third-order valence-electron chi connectivity index (χ3n) is 4.68. The summed E-state index contributed by atoms with van der Waals surface area (Å²) >= 11 is 0. The van der Waals surface area contributed by atoms with E-state index in [0.717, 1.165) is 5.56 Å². The summed E-state index contributed by atoms with van der Waals surface area (Å²) in [4.78, 5) is 24.7. The molecule has 0 saturated carbocycles. The Morgan fingerprint density at radius 3 is 2.50 bits per heavy atom. The summed E-state index contributed by atoms with van der Waals surface area (Å²) in [6.07, 6.45) is 0.160. The van der Waals surface area contributed by atoms with Crippen molar-refractivity contribution in [2.45, 2.75) is 24.9 Å². The van der Waals surface area contributed by atoms with Crippen LogP contribution in [0.3, 0.4) is 0 Å². The molecule has 0 amide bonds. The molecule has 128 valence electrons. The minimum absolute atomic E-state index is 0.160. The van der Waals surface area contributed by atoms with Gasteiger partial charge in [0.1, 0.15) is 5.75 Å². The van der Waals surface area contributed by atoms with Crippen molar-refractivity contribution in [3.63, 3.8) is 0 Å². The summed E-state index contributed by atoms with van der Waals surface area (Å²) in [6, 6.07) is 7.09. The van der Waals surface area contributed by atoms with Gasteiger partial charge in [0.25, 0.3) is 5.56 Å². The molecule has 0 radical (unpaired) electrons. The predicted octanol–water partition coefficient (Wildman–Crippen LogP) is 0.940. The lowest BCUT2D eigenvalue weighted by atomic mass is 9.66. The van der Waals surface area contributed by atoms with Gasteiger partial charge in [-0.1, -0.05) is 12.1 Å². The molecule has 3 N–H and O–H groups in total. The molecular weight excluding hydrogens is 312 g/mol. The fraction of sp³-hybridized carbons (Fsp3) is 0.412. The zero-order chi connectivity index (χ0) is 17.5. The largest absolute Gasteiger partial charge is 0.497 e. The summed E-state index contributed by atoms with van der Waals surface area (Å²) in [7, 11) is 2.84. The topological polar surface area (TPSA) is 104 Å². The zero-order valence-electron chi connectivity index (χ0n) is 13.8. The Kier molecular flexibility index (Phi) is 3.96. The van der Waals surface area contributed by atoms with Crippen LogP contribution >= 0.6 is 0 Å². The Morgan fingerprint density at radius 1 is 1.25 bits per heavy atom. The first-order chi connectivity index (χ1) is 11.4. The second-order valence-electron chi connectivity index (χ2n) is 6.26. The van der Waals surface area contributed by atoms with E-state index in [0.29, 0.717) is 17.0 Å². The Morgan fingerprint density at radius 2 is 1.92 bits per heavy atom. The van der Waals surface area contributed by atoms with E-state index < -0.39 is 23.4 Å². The maximum Gasteiger partial charge on any atom is 0.312 e. The van der Waals surface area contributed by atoms with E-state index in [2.05, 4.69) is 10.2 Å². The van der Waals surface area contributed by atoms with Crippen molar-refractivity contribution in [1.82, 2.24) is 10.2 Å². The van der Waals surface area contributed by atoms with Crippen LogP contribution in [0.15, 0.2) is 29.1 Å². The van der Waals surface area contributed by atoms with Gasteiger partial charge in [-0.3, -0.25) is 14.7 Å². The van der Waals surface area contributed by atoms with Crippen molar-refractivity contribution in [3.05, 3.63) is 51.4 Å². The van der Waals surface area contributed by atoms with E-state index >= 15 is 0 Å². The SMILES string of the molecule is COC(=O)[C@H]1[C@H](c2ccc(OC)cc2)c2c([nH][nH]c2=O)C[C@]1(C)O. The first-order valence-corrected chi connectivity index (χ1v) is 7.62. The highest BCUT2D eigenvalue weighted by molar-refractivity contribution is 5.77. The molecule has 2 aromatic rings. The molecule has 0 aliphatic heterocycles. The van der Waals surface area contributed by atoms with Crippen molar-refractivity contribution < 1.29 is 19.4 Å². The van der Waals surface area contributed by atoms with Gasteiger partial charge in [0.15, 0.2) is 0 Å². The third kappa shape index (κ3) is 2.50. The average Bonchev–Trinajstić information content (AvgIpc) is 2.92. The molecule has 1 aliphatic rings. The molecule has 3 rings (SSSR count). The molecule has 1 aromatic heterocycles. The summed E-state index contributed by atoms with van der Waals surface area (Å²) in [6.45, 7) is 1.58. The first-order valence-electron chi connectivity index (χ1n) is 7.62. The number of H-pyrrole nitrogens is 2. The van der Waals surface area contributed by atoms with Gasteiger partial charge in [-0.2, -0.15) is 0 Å². The number of ether oxygens (including phenoxy) is 2. The lowest BCUT2D eigenvalue weighted by Crippen LogP contribution is -2.49. The Hall–Kier alpha value is -2.54. The van der Waals surface area contributed by atoms with Crippen molar-refractivity contribution in [2.24, 2.45) is 5.92 Å². The van der Waals surface area contributed by atoms with Crippen molar-refractivity contribution in [1.29, 1.82) is 0 Å². The number of methoxy groups -OCH3 is 2. The number of hydrogen-bond donors (Lipinski definition) is 3. The second-order valence-corrected chi connectivity index (χ2v) is 6.26. The second kappa shape index (κ2) is 5.83. The van der Waals surface area contributed by atoms with E-state index in [4.69, 9.17) is 9.47 Å². The first kappa shape index (κ1) is 16.3. The number of carbonyl (C=O) groups excluding carboxylic acids is 1. The number of esters is 1. The number of hydrogen-bond acceptors (Lipinski definition) is 5. The third-order valence-corrected chi connectivity index (χ3v) is 4.68. The standard InChI is InChI=1S/C17H20N2O5/c1-17(22)8-11-13(15(20)19-18-11)12(14(17)16(21)24-3)9-4-6-10(23-2)7-5-9/h4-7,12,14,22H,8H2,1-3H3,(H2,18,19,20)/t12-,14-,17+/m1/s1. The number of nitrogens with one attached hydrogen (secondary N) is 2. The van der Waals surface area contributed by atoms with Gasteiger partial charge in [0, 0.05) is 23.6 Å². The summed E-state index contributed by atoms with van der Waals surface area (Å²) < 4.78 is 10.1. The van der Waals surface area contributed by atoms with Gasteiger partial charge in [0.2, 0.25) is 0 Å². The Bertz CT molecular complexity index is 803. The fourth-order valence-corrected chi connectivity index (χ4v) is 3.55. The molecule has 1 heterocycles. The van der Waals surface area contributed by atoms with Crippen LogP contribution in [0.4, 0.5) is 0 Å². The normalized spacial score (nSPS) is 25.8. The van der Waals surface area contributed by atoms with Gasteiger partial charge >= 0.3 is 5.97 Å². The van der Waals surface area contributed by atoms with Crippen LogP contribution in [-0.4, -0.2) is 41.1 Å². The summed E-state index contributed by atoms with van der Waals surface area (Å²) in [5.74, 6) is -1.39. The molecule has 0 fully saturated rings. The molecule has 24 heavy (non-hydrogen) atoms. The van der Waals surface area contributed by atoms with Crippen LogP contribution in [0, 0.1) is 5.92 Å². The number of aromatic amines is 2. The zero-order valence-corrected chi connectivity index (χ0v) is 13.8. The number of aliphatic hydroxyl groups is 1. The van der Waals surface area contributed by atoms with Gasteiger partial charge in [-0.25, -0.2) is 0 Å². The van der Waals surface area contributed by atoms with Crippen LogP contribution in [0.5, 0.6) is 5.75 Å². The van der Waals surface area contributed by atoms with Crippen LogP contribution in [0.2, 0.25) is 0 Å². The van der Waals surface area contributed by atoms with E-state index in [1.165, 1.54) is 7.11 Å². The summed E-state index contributed by atoms with van der Waals surface area (Å²) in [5, 5.41) is 16.2. The van der Waals surface area contributed by atoms with Crippen LogP contribution in [0.25, 0.3) is 0 Å². The lowest BCUT2D eigenvalue weighted by Gasteiger charge is -2.40. The highest BCUT2D eigenvalue weighted by atomic mass is 16.5. The molecule has 0 bridgehead atoms. The molecule has 7 nitrogen and oxygen atoms in total. The number of aromatic nitrogens is 2. The van der Waals surface area contributed by atoms with Crippen molar-refractivity contribution in [3.8, 4) is 5.75 Å². The number of carbonyl (C=O) groups is 1. The molecule has 3 atom stereocenters. The smallest absolute Gasteiger partial charge is 0.312 e. The molecule has 7 heteroatoms. The van der Waals surface area contributed by atoms with E-state index in [1.54, 1.807) is 38.3 Å². The van der Waals surface area contributed by atoms with E-state index in [-0.39, 0.29) is 12.0 Å². The molecule has 0 saturated heterocycles. The van der Waals surface area contributed by atoms with E-state index in [9.17, 15) is 14.7 Å². The van der Waals surface area contributed by atoms with Gasteiger partial charge < -0.3 is 19.7 Å². The highest BCUT2D eigenvalue weighted by Gasteiger charge is 2.51. The average molecular weight is 332 g/mol. The van der Waals surface area contributed by atoms with Gasteiger partial charge in [-0.05, 0) is 24.6 Å². The van der Waals surface area contributed by atoms with Crippen LogP contribution < -0.4 is 10.3 Å². The fourth-order valence-electron chi connectivity index (χ4n) is 3.55. The maximum absolute atomic E-state index is 12.4. The minimum Gasteiger partial charge on any atom is -0.497 e. The summed E-state index contributed by atoms with van der Waals surface area (Å²) in [5.41, 5.74) is 0.149. The molecular formula is C17H20N2O5. The van der Waals surface area contributed by atoms with Gasteiger partial charge in [-0.15, -0.1) is 0 Å². The maximum atomic E-state index is 12.4. The Balaban J connectivity index is 2.20. The lowest BCUT2D eigenvalue weighted by molar-refractivity contribution is -0.156. The van der Waals surface area contributed by atoms with Gasteiger partial charge in [0.05, 0.1) is 25.7 Å². The quantitative estimate of drug-likeness (QED) is 0.726. The number of benzene rings is 1. The highest BCUT2D eigenvalue weighted by Crippen LogP contribution is 2.44. The van der Waals surface area contributed by atoms with Crippen LogP contribution in [0.1, 0.15) is 29.7 Å².